The highest BCUT2D eigenvalue weighted by atomic mass is 16.5. The van der Waals surface area contributed by atoms with Crippen molar-refractivity contribution >= 4 is 0 Å². The molecule has 1 aromatic rings. The number of hydrogen-bond donors (Lipinski definition) is 1. The van der Waals surface area contributed by atoms with Gasteiger partial charge in [0.1, 0.15) is 17.1 Å². The molecule has 2 heteroatoms. The van der Waals surface area contributed by atoms with Crippen molar-refractivity contribution in [2.24, 2.45) is 17.8 Å². The van der Waals surface area contributed by atoms with Crippen LogP contribution in [0.3, 0.4) is 0 Å². The molecular weight excluding hydrogens is 380 g/mol. The van der Waals surface area contributed by atoms with Crippen LogP contribution in [0.25, 0.3) is 0 Å². The molecule has 0 amide bonds. The van der Waals surface area contributed by atoms with Gasteiger partial charge < -0.3 is 9.84 Å². The van der Waals surface area contributed by atoms with E-state index < -0.39 is 0 Å². The molecule has 1 heterocycles. The van der Waals surface area contributed by atoms with E-state index in [4.69, 9.17) is 4.74 Å². The molecule has 0 saturated heterocycles. The molecule has 1 unspecified atom stereocenters. The van der Waals surface area contributed by atoms with Gasteiger partial charge in [-0.3, -0.25) is 0 Å². The van der Waals surface area contributed by atoms with Crippen molar-refractivity contribution in [3.8, 4) is 11.5 Å². The van der Waals surface area contributed by atoms with Crippen LogP contribution in [-0.4, -0.2) is 10.7 Å². The molecule has 0 radical (unpaired) electrons. The molecule has 2 rings (SSSR count). The van der Waals surface area contributed by atoms with Crippen molar-refractivity contribution in [2.75, 3.05) is 0 Å². The average Bonchev–Trinajstić information content (AvgIpc) is 2.70. The zero-order valence-corrected chi connectivity index (χ0v) is 21.9. The van der Waals surface area contributed by atoms with Crippen molar-refractivity contribution in [1.29, 1.82) is 0 Å². The van der Waals surface area contributed by atoms with Gasteiger partial charge in [0.05, 0.1) is 0 Å². The maximum absolute atomic E-state index is 10.4. The van der Waals surface area contributed by atoms with E-state index in [-0.39, 0.29) is 5.60 Å². The van der Waals surface area contributed by atoms with Crippen LogP contribution in [0.2, 0.25) is 0 Å². The van der Waals surface area contributed by atoms with Gasteiger partial charge in [0.2, 0.25) is 0 Å². The lowest BCUT2D eigenvalue weighted by Crippen LogP contribution is -2.37. The zero-order chi connectivity index (χ0) is 23.2. The van der Waals surface area contributed by atoms with Crippen molar-refractivity contribution in [2.45, 2.75) is 132 Å². The SMILES string of the molecule is Cc1c(C)c2c(c(C)c1O)CCC(C)(CCC[C@H](C)CCC[C@H](C)CCCC(C)C)O2. The molecule has 0 fully saturated rings. The van der Waals surface area contributed by atoms with Crippen LogP contribution in [0.4, 0.5) is 0 Å². The highest BCUT2D eigenvalue weighted by Crippen LogP contribution is 2.44. The average molecular weight is 431 g/mol. The Morgan fingerprint density at radius 3 is 1.94 bits per heavy atom. The first-order valence-electron chi connectivity index (χ1n) is 13.0. The largest absolute Gasteiger partial charge is 0.507 e. The number of phenolic OH excluding ortho intramolecular Hbond substituents is 1. The van der Waals surface area contributed by atoms with E-state index >= 15 is 0 Å². The Morgan fingerprint density at radius 1 is 0.806 bits per heavy atom. The molecule has 1 N–H and O–H groups in total. The number of benzene rings is 1. The van der Waals surface area contributed by atoms with E-state index in [1.807, 2.05) is 13.8 Å². The molecule has 1 aliphatic rings. The Morgan fingerprint density at radius 2 is 1.35 bits per heavy atom. The molecule has 0 spiro atoms. The van der Waals surface area contributed by atoms with Crippen LogP contribution in [0.15, 0.2) is 0 Å². The minimum absolute atomic E-state index is 0.0712. The second-order valence-corrected chi connectivity index (χ2v) is 11.4. The van der Waals surface area contributed by atoms with Gasteiger partial charge in [-0.15, -0.1) is 0 Å². The molecule has 1 aliphatic heterocycles. The van der Waals surface area contributed by atoms with Crippen LogP contribution in [0.5, 0.6) is 11.5 Å². The van der Waals surface area contributed by atoms with Crippen molar-refractivity contribution in [1.82, 2.24) is 0 Å². The third kappa shape index (κ3) is 7.43. The van der Waals surface area contributed by atoms with Crippen LogP contribution in [0, 0.1) is 38.5 Å². The number of aromatic hydroxyl groups is 1. The first-order chi connectivity index (χ1) is 14.5. The standard InChI is InChI=1S/C29H50O2/c1-20(2)12-9-13-21(3)14-10-15-22(4)16-11-18-29(8)19-17-26-25(7)27(30)23(5)24(6)28(26)31-29/h20-22,30H,9-19H2,1-8H3/t21-,22-,29?/m1/s1. The van der Waals surface area contributed by atoms with Gasteiger partial charge in [-0.1, -0.05) is 72.6 Å². The normalized spacial score (nSPS) is 20.4. The summed E-state index contributed by atoms with van der Waals surface area (Å²) in [4.78, 5) is 0. The molecule has 1 aromatic carbocycles. The number of ether oxygens (including phenoxy) is 1. The monoisotopic (exact) mass is 430 g/mol. The summed E-state index contributed by atoms with van der Waals surface area (Å²) in [5, 5.41) is 10.4. The van der Waals surface area contributed by atoms with Crippen LogP contribution >= 0.6 is 0 Å². The number of rotatable bonds is 12. The fourth-order valence-electron chi connectivity index (χ4n) is 5.27. The van der Waals surface area contributed by atoms with E-state index in [1.165, 1.54) is 56.9 Å². The van der Waals surface area contributed by atoms with Gasteiger partial charge in [0.15, 0.2) is 0 Å². The second-order valence-electron chi connectivity index (χ2n) is 11.4. The van der Waals surface area contributed by atoms with Crippen molar-refractivity contribution < 1.29 is 9.84 Å². The van der Waals surface area contributed by atoms with Crippen molar-refractivity contribution in [3.63, 3.8) is 0 Å². The molecule has 0 aliphatic carbocycles. The van der Waals surface area contributed by atoms with Gasteiger partial charge in [0.25, 0.3) is 0 Å². The summed E-state index contributed by atoms with van der Waals surface area (Å²) in [6.07, 6.45) is 14.1. The lowest BCUT2D eigenvalue weighted by molar-refractivity contribution is 0.0512. The van der Waals surface area contributed by atoms with Crippen LogP contribution < -0.4 is 4.74 Å². The summed E-state index contributed by atoms with van der Waals surface area (Å²) in [5.74, 6) is 4.04. The van der Waals surface area contributed by atoms with E-state index in [1.54, 1.807) is 0 Å². The topological polar surface area (TPSA) is 29.5 Å². The number of hydrogen-bond acceptors (Lipinski definition) is 2. The molecule has 0 bridgehead atoms. The van der Waals surface area contributed by atoms with E-state index in [0.717, 1.165) is 59.5 Å². The maximum atomic E-state index is 10.4. The Bertz CT molecular complexity index is 705. The van der Waals surface area contributed by atoms with Gasteiger partial charge in [-0.2, -0.15) is 0 Å². The van der Waals surface area contributed by atoms with E-state index in [0.29, 0.717) is 5.75 Å². The summed E-state index contributed by atoms with van der Waals surface area (Å²) in [6, 6.07) is 0. The Balaban J connectivity index is 1.74. The third-order valence-electron chi connectivity index (χ3n) is 7.87. The Kier molecular flexibility index (Phi) is 9.77. The predicted octanol–water partition coefficient (Wildman–Crippen LogP) is 8.84. The number of fused-ring (bicyclic) bond motifs is 1. The predicted molar refractivity (Wildman–Crippen MR) is 134 cm³/mol. The molecule has 178 valence electrons. The molecular formula is C29H50O2. The summed E-state index contributed by atoms with van der Waals surface area (Å²) < 4.78 is 6.60. The molecule has 2 nitrogen and oxygen atoms in total. The number of phenols is 1. The van der Waals surface area contributed by atoms with Gasteiger partial charge in [0, 0.05) is 5.56 Å². The summed E-state index contributed by atoms with van der Waals surface area (Å²) in [5.41, 5.74) is 4.23. The molecule has 31 heavy (non-hydrogen) atoms. The van der Waals surface area contributed by atoms with Crippen LogP contribution in [0.1, 0.15) is 121 Å². The minimum Gasteiger partial charge on any atom is -0.507 e. The lowest BCUT2D eigenvalue weighted by Gasteiger charge is -2.38. The van der Waals surface area contributed by atoms with E-state index in [9.17, 15) is 5.11 Å². The summed E-state index contributed by atoms with van der Waals surface area (Å²) in [6.45, 7) is 17.9. The van der Waals surface area contributed by atoms with E-state index in [2.05, 4.69) is 41.5 Å². The molecule has 0 aromatic heterocycles. The highest BCUT2D eigenvalue weighted by Gasteiger charge is 2.34. The Labute approximate surface area is 193 Å². The van der Waals surface area contributed by atoms with Gasteiger partial charge >= 0.3 is 0 Å². The first kappa shape index (κ1) is 26.1. The van der Waals surface area contributed by atoms with Crippen molar-refractivity contribution in [3.05, 3.63) is 22.3 Å². The fourth-order valence-corrected chi connectivity index (χ4v) is 5.27. The quantitative estimate of drug-likeness (QED) is 0.359. The van der Waals surface area contributed by atoms with Gasteiger partial charge in [-0.05, 0) is 87.8 Å². The Hall–Kier alpha value is -1.18. The molecule has 0 saturated carbocycles. The minimum atomic E-state index is -0.0712. The third-order valence-corrected chi connectivity index (χ3v) is 7.87. The maximum Gasteiger partial charge on any atom is 0.127 e. The second kappa shape index (κ2) is 11.6. The van der Waals surface area contributed by atoms with Gasteiger partial charge in [-0.25, -0.2) is 0 Å². The zero-order valence-electron chi connectivity index (χ0n) is 21.9. The fraction of sp³-hybridized carbons (Fsp3) is 0.793. The first-order valence-corrected chi connectivity index (χ1v) is 13.0. The summed E-state index contributed by atoms with van der Waals surface area (Å²) in [7, 11) is 0. The lowest BCUT2D eigenvalue weighted by atomic mass is 9.84. The van der Waals surface area contributed by atoms with Crippen LogP contribution in [-0.2, 0) is 6.42 Å². The molecule has 3 atom stereocenters. The summed E-state index contributed by atoms with van der Waals surface area (Å²) >= 11 is 0. The highest BCUT2D eigenvalue weighted by molar-refractivity contribution is 5.58. The smallest absolute Gasteiger partial charge is 0.127 e.